The van der Waals surface area contributed by atoms with Gasteiger partial charge in [-0.05, 0) is 120 Å². The number of Topliss-reactive ketones (excluding diaryl/α,β-unsaturated/α-hetero) is 1. The second-order valence-corrected chi connectivity index (χ2v) is 28.0. The number of carbonyl (C=O) groups is 11. The van der Waals surface area contributed by atoms with Crippen molar-refractivity contribution in [1.82, 2.24) is 50.7 Å². The number of carbonyl (C=O) groups excluding carboxylic acids is 11. The predicted octanol–water partition coefficient (Wildman–Crippen LogP) is 6.07. The van der Waals surface area contributed by atoms with E-state index in [1.165, 1.54) is 80.5 Å². The quantitative estimate of drug-likeness (QED) is 0.0441. The molecule has 0 fully saturated rings. The van der Waals surface area contributed by atoms with Crippen LogP contribution < -0.4 is 21.3 Å². The monoisotopic (exact) mass is 1260 g/mol. The molecule has 22 heteroatoms. The van der Waals surface area contributed by atoms with Gasteiger partial charge in [-0.3, -0.25) is 52.7 Å². The molecular formula is C67H122N10O12. The number of likely N-dealkylation sites (N-methyl/N-ethyl adjacent to an activating group) is 6. The predicted molar refractivity (Wildman–Crippen MR) is 350 cm³/mol. The van der Waals surface area contributed by atoms with Crippen LogP contribution in [-0.2, 0) is 52.7 Å². The first-order chi connectivity index (χ1) is 40.9. The molecule has 0 aromatic rings. The topological polar surface area (TPSA) is 276 Å². The molecule has 0 saturated carbocycles. The fraction of sp³-hybridized carbons (Fsp3) is 0.806. The second-order valence-electron chi connectivity index (χ2n) is 28.0. The molecule has 0 aliphatic rings. The van der Waals surface area contributed by atoms with E-state index in [-0.39, 0.29) is 72.9 Å². The normalized spacial score (nSPS) is 16.3. The zero-order valence-electron chi connectivity index (χ0n) is 59.8. The van der Waals surface area contributed by atoms with Gasteiger partial charge >= 0.3 is 0 Å². The maximum atomic E-state index is 15.1. The average molecular weight is 1260 g/mol. The molecule has 0 spiro atoms. The summed E-state index contributed by atoms with van der Waals surface area (Å²) in [5.41, 5.74) is 0. The first-order valence-electron chi connectivity index (χ1n) is 32.6. The lowest BCUT2D eigenvalue weighted by Crippen LogP contribution is -2.63. The molecule has 0 saturated heterocycles. The summed E-state index contributed by atoms with van der Waals surface area (Å²) in [4.78, 5) is 164. The van der Waals surface area contributed by atoms with Crippen LogP contribution in [-0.4, -0.2) is 208 Å². The minimum absolute atomic E-state index is 0.00494. The van der Waals surface area contributed by atoms with Crippen molar-refractivity contribution in [3.63, 3.8) is 0 Å². The van der Waals surface area contributed by atoms with Gasteiger partial charge in [0.1, 0.15) is 54.4 Å². The van der Waals surface area contributed by atoms with Gasteiger partial charge in [0.25, 0.3) is 0 Å². The van der Waals surface area contributed by atoms with E-state index in [0.29, 0.717) is 19.3 Å². The summed E-state index contributed by atoms with van der Waals surface area (Å²) < 4.78 is 0. The van der Waals surface area contributed by atoms with Crippen molar-refractivity contribution in [3.8, 4) is 0 Å². The molecule has 13 atom stereocenters. The molecule has 0 radical (unpaired) electrons. The summed E-state index contributed by atoms with van der Waals surface area (Å²) in [6.45, 7) is 37.7. The minimum atomic E-state index is -1.58. The third-order valence-corrected chi connectivity index (χ3v) is 16.8. The zero-order valence-corrected chi connectivity index (χ0v) is 59.8. The van der Waals surface area contributed by atoms with E-state index in [2.05, 4.69) is 21.3 Å². The number of aliphatic hydroxyl groups excluding tert-OH is 1. The maximum absolute atomic E-state index is 15.1. The number of ketones is 1. The number of hydrogen-bond acceptors (Lipinski definition) is 12. The van der Waals surface area contributed by atoms with Crippen molar-refractivity contribution in [1.29, 1.82) is 0 Å². The highest BCUT2D eigenvalue weighted by atomic mass is 16.3. The van der Waals surface area contributed by atoms with Gasteiger partial charge in [-0.2, -0.15) is 0 Å². The Hall–Kier alpha value is -5.93. The first-order valence-corrected chi connectivity index (χ1v) is 32.6. The molecule has 0 aliphatic heterocycles. The highest BCUT2D eigenvalue weighted by Gasteiger charge is 2.45. The summed E-state index contributed by atoms with van der Waals surface area (Å²) in [5, 5.41) is 23.1. The number of nitrogens with zero attached hydrogens (tertiary/aromatic N) is 6. The summed E-state index contributed by atoms with van der Waals surface area (Å²) in [7, 11) is 8.89. The number of aliphatic hydroxyl groups is 1. The molecule has 0 heterocycles. The summed E-state index contributed by atoms with van der Waals surface area (Å²) in [5.74, 6) is -8.15. The van der Waals surface area contributed by atoms with Crippen LogP contribution in [0.2, 0.25) is 0 Å². The lowest BCUT2D eigenvalue weighted by atomic mass is 9.91. The highest BCUT2D eigenvalue weighted by molar-refractivity contribution is 5.99. The number of hydrogen-bond donors (Lipinski definition) is 5. The number of amides is 10. The van der Waals surface area contributed by atoms with Crippen molar-refractivity contribution in [2.75, 3.05) is 42.3 Å². The third-order valence-electron chi connectivity index (χ3n) is 16.8. The lowest BCUT2D eigenvalue weighted by Gasteiger charge is -2.41. The SMILES string of the molecule is C/C=C/C[C@@H](C)C(O)[C@@H](C(=O)NC(CC)C(=O)N(C)C(CC(C)C)C(=O)N(C)[C@@H](CC(C)C)C(=O)N[C@H](C(=O)N(C)[C@@H](CC(C)C)C(=O)N[C@H](C)C(=O)N[C@@H](C)C(C)=O)C(C)C)N(C)C(=O)C(C(C)C)N(C)C(=O)[C@H](CC(C)C)N(C)C(=O)[C@H](C)CC(C)C. The van der Waals surface area contributed by atoms with Crippen LogP contribution in [0.3, 0.4) is 0 Å². The van der Waals surface area contributed by atoms with Crippen molar-refractivity contribution < 1.29 is 57.8 Å². The van der Waals surface area contributed by atoms with E-state index < -0.39 is 137 Å². The van der Waals surface area contributed by atoms with Gasteiger partial charge in [0.15, 0.2) is 5.78 Å². The Balaban J connectivity index is 7.37. The van der Waals surface area contributed by atoms with E-state index in [1.807, 2.05) is 89.2 Å². The fourth-order valence-electron chi connectivity index (χ4n) is 11.1. The fourth-order valence-corrected chi connectivity index (χ4v) is 11.1. The Bertz CT molecular complexity index is 2370. The molecular weight excluding hydrogens is 1140 g/mol. The van der Waals surface area contributed by atoms with Crippen LogP contribution in [0.25, 0.3) is 0 Å². The summed E-state index contributed by atoms with van der Waals surface area (Å²) >= 11 is 0. The van der Waals surface area contributed by atoms with Crippen molar-refractivity contribution in [2.45, 2.75) is 257 Å². The van der Waals surface area contributed by atoms with Gasteiger partial charge in [0, 0.05) is 48.2 Å². The Morgan fingerprint density at radius 2 is 0.787 bits per heavy atom. The van der Waals surface area contributed by atoms with Crippen LogP contribution in [0.5, 0.6) is 0 Å². The van der Waals surface area contributed by atoms with E-state index in [0.717, 1.165) is 4.90 Å². The van der Waals surface area contributed by atoms with Crippen molar-refractivity contribution >= 4 is 64.9 Å². The molecule has 89 heavy (non-hydrogen) atoms. The molecule has 0 bridgehead atoms. The molecule has 5 N–H and O–H groups in total. The van der Waals surface area contributed by atoms with Crippen molar-refractivity contribution in [3.05, 3.63) is 12.2 Å². The Labute approximate surface area is 535 Å². The van der Waals surface area contributed by atoms with Gasteiger partial charge in [0.2, 0.25) is 59.1 Å². The molecule has 10 amide bonds. The molecule has 22 nitrogen and oxygen atoms in total. The van der Waals surface area contributed by atoms with E-state index in [9.17, 15) is 48.3 Å². The van der Waals surface area contributed by atoms with E-state index in [4.69, 9.17) is 0 Å². The lowest BCUT2D eigenvalue weighted by molar-refractivity contribution is -0.156. The number of rotatable bonds is 38. The Morgan fingerprint density at radius 1 is 0.404 bits per heavy atom. The number of nitrogens with one attached hydrogen (secondary N) is 4. The van der Waals surface area contributed by atoms with Gasteiger partial charge in [-0.1, -0.05) is 130 Å². The van der Waals surface area contributed by atoms with E-state index >= 15 is 9.59 Å². The summed E-state index contributed by atoms with van der Waals surface area (Å²) in [6.07, 6.45) is 3.97. The van der Waals surface area contributed by atoms with Crippen LogP contribution in [0.4, 0.5) is 0 Å². The Morgan fingerprint density at radius 3 is 1.19 bits per heavy atom. The van der Waals surface area contributed by atoms with Crippen molar-refractivity contribution in [2.24, 2.45) is 53.3 Å². The zero-order chi connectivity index (χ0) is 69.6. The minimum Gasteiger partial charge on any atom is -0.390 e. The second kappa shape index (κ2) is 38.7. The Kier molecular flexibility index (Phi) is 36.1. The molecule has 0 aromatic heterocycles. The number of allylic oxidation sites excluding steroid dienone is 2. The van der Waals surface area contributed by atoms with Crippen LogP contribution in [0.15, 0.2) is 12.2 Å². The molecule has 0 aromatic carbocycles. The van der Waals surface area contributed by atoms with Crippen LogP contribution in [0, 0.1) is 53.3 Å². The van der Waals surface area contributed by atoms with Gasteiger partial charge in [-0.25, -0.2) is 0 Å². The molecule has 0 aliphatic carbocycles. The standard InChI is InChI=1S/C67H122N10O12/c1-28-30-31-44(17)57(79)56(77(27)67(89)55(43(15)16)76(26)65(87)53(36-41(11)12)74(24)62(84)45(18)32-37(3)4)61(83)70-49(29-2)63(85)75(25)52(35-40(9)10)64(86)72(22)51(34-39(7)8)60(82)71-54(42(13)14)66(88)73(23)50(33-38(5)6)59(81)69-47(20)58(80)68-46(19)48(21)78/h28,30,37-47,49-57,79H,29,31-36H2,1-27H3,(H,68,80)(H,69,81)(H,70,83)(H,71,82)/b30-28+/t44-,45-,46+,47-,49?,50+,51+,52?,53+,54+,55?,56+,57?/m1/s1. The van der Waals surface area contributed by atoms with Gasteiger partial charge in [0.05, 0.1) is 12.1 Å². The first kappa shape index (κ1) is 83.1. The smallest absolute Gasteiger partial charge is 0.246 e. The molecule has 512 valence electrons. The molecule has 0 rings (SSSR count). The van der Waals surface area contributed by atoms with Gasteiger partial charge in [-0.15, -0.1) is 0 Å². The van der Waals surface area contributed by atoms with E-state index in [1.54, 1.807) is 54.7 Å². The van der Waals surface area contributed by atoms with Gasteiger partial charge < -0.3 is 55.8 Å². The average Bonchev–Trinajstić information content (AvgIpc) is 1.12. The largest absolute Gasteiger partial charge is 0.390 e. The highest BCUT2D eigenvalue weighted by Crippen LogP contribution is 2.26. The molecule has 4 unspecified atom stereocenters. The maximum Gasteiger partial charge on any atom is 0.246 e. The van der Waals surface area contributed by atoms with Crippen LogP contribution in [0.1, 0.15) is 190 Å². The van der Waals surface area contributed by atoms with Crippen LogP contribution >= 0.6 is 0 Å². The third kappa shape index (κ3) is 25.3. The summed E-state index contributed by atoms with van der Waals surface area (Å²) in [6, 6.07) is -11.3.